The first-order valence-electron chi connectivity index (χ1n) is 7.58. The molecule has 1 heterocycles. The van der Waals surface area contributed by atoms with Crippen LogP contribution in [0.4, 0.5) is 0 Å². The molecular weight excluding hydrogens is 326 g/mol. The number of para-hydroxylation sites is 1. The minimum Gasteiger partial charge on any atom is -0.396 e. The number of aryl methyl sites for hydroxylation is 1. The largest absolute Gasteiger partial charge is 0.396 e. The molecule has 0 aliphatic rings. The lowest BCUT2D eigenvalue weighted by Gasteiger charge is -2.07. The molecule has 0 amide bonds. The van der Waals surface area contributed by atoms with E-state index in [4.69, 9.17) is 5.11 Å². The molecule has 21 heavy (non-hydrogen) atoms. The SMILES string of the molecule is OCCCCCCn1c2ccccc2c2cc(Br)ccc21. The predicted octanol–water partition coefficient (Wildman–Crippen LogP) is 5.11. The van der Waals surface area contributed by atoms with Crippen molar-refractivity contribution < 1.29 is 5.11 Å². The second-order valence-corrected chi connectivity index (χ2v) is 6.38. The van der Waals surface area contributed by atoms with Gasteiger partial charge in [0.1, 0.15) is 0 Å². The van der Waals surface area contributed by atoms with Gasteiger partial charge in [0.25, 0.3) is 0 Å². The third kappa shape index (κ3) is 2.99. The van der Waals surface area contributed by atoms with Crippen LogP contribution in [0.15, 0.2) is 46.9 Å². The van der Waals surface area contributed by atoms with E-state index in [9.17, 15) is 0 Å². The smallest absolute Gasteiger partial charge is 0.0492 e. The molecular formula is C18H20BrNO. The zero-order valence-corrected chi connectivity index (χ0v) is 13.6. The fourth-order valence-corrected chi connectivity index (χ4v) is 3.36. The first-order chi connectivity index (χ1) is 10.3. The third-order valence-electron chi connectivity index (χ3n) is 4.02. The second kappa shape index (κ2) is 6.63. The number of aliphatic hydroxyl groups is 1. The van der Waals surface area contributed by atoms with Crippen LogP contribution in [0.1, 0.15) is 25.7 Å². The molecule has 1 N–H and O–H groups in total. The molecule has 0 aliphatic carbocycles. The van der Waals surface area contributed by atoms with E-state index in [1.165, 1.54) is 28.2 Å². The Hall–Kier alpha value is -1.32. The lowest BCUT2D eigenvalue weighted by atomic mass is 10.2. The number of nitrogens with zero attached hydrogens (tertiary/aromatic N) is 1. The molecule has 0 spiro atoms. The Morgan fingerprint density at radius 1 is 0.857 bits per heavy atom. The average Bonchev–Trinajstić information content (AvgIpc) is 2.81. The van der Waals surface area contributed by atoms with Crippen LogP contribution in [0.25, 0.3) is 21.8 Å². The first-order valence-corrected chi connectivity index (χ1v) is 8.38. The molecule has 110 valence electrons. The van der Waals surface area contributed by atoms with Gasteiger partial charge in [0, 0.05) is 39.4 Å². The van der Waals surface area contributed by atoms with E-state index < -0.39 is 0 Å². The Morgan fingerprint density at radius 3 is 2.48 bits per heavy atom. The zero-order valence-electron chi connectivity index (χ0n) is 12.1. The van der Waals surface area contributed by atoms with E-state index in [1.807, 2.05) is 0 Å². The van der Waals surface area contributed by atoms with Crippen molar-refractivity contribution in [3.8, 4) is 0 Å². The van der Waals surface area contributed by atoms with Crippen LogP contribution in [0.5, 0.6) is 0 Å². The molecule has 1 aromatic heterocycles. The van der Waals surface area contributed by atoms with Crippen LogP contribution < -0.4 is 0 Å². The molecule has 0 radical (unpaired) electrons. The van der Waals surface area contributed by atoms with Crippen molar-refractivity contribution in [3.05, 3.63) is 46.9 Å². The zero-order chi connectivity index (χ0) is 14.7. The Balaban J connectivity index is 1.95. The van der Waals surface area contributed by atoms with Gasteiger partial charge in [-0.15, -0.1) is 0 Å². The summed E-state index contributed by atoms with van der Waals surface area (Å²) in [5.41, 5.74) is 2.62. The van der Waals surface area contributed by atoms with Gasteiger partial charge in [-0.3, -0.25) is 0 Å². The highest BCUT2D eigenvalue weighted by Gasteiger charge is 2.09. The molecule has 0 saturated carbocycles. The van der Waals surface area contributed by atoms with Gasteiger partial charge in [0.2, 0.25) is 0 Å². The quantitative estimate of drug-likeness (QED) is 0.617. The number of aromatic nitrogens is 1. The van der Waals surface area contributed by atoms with Gasteiger partial charge in [-0.25, -0.2) is 0 Å². The lowest BCUT2D eigenvalue weighted by Crippen LogP contribution is -1.97. The molecule has 2 aromatic carbocycles. The number of halogens is 1. The highest BCUT2D eigenvalue weighted by molar-refractivity contribution is 9.10. The summed E-state index contributed by atoms with van der Waals surface area (Å²) in [5, 5.41) is 11.5. The van der Waals surface area contributed by atoms with Crippen LogP contribution in [0.2, 0.25) is 0 Å². The predicted molar refractivity (Wildman–Crippen MR) is 92.7 cm³/mol. The van der Waals surface area contributed by atoms with Gasteiger partial charge in [-0.1, -0.05) is 47.0 Å². The molecule has 3 heteroatoms. The highest BCUT2D eigenvalue weighted by atomic mass is 79.9. The van der Waals surface area contributed by atoms with Crippen LogP contribution >= 0.6 is 15.9 Å². The fourth-order valence-electron chi connectivity index (χ4n) is 3.00. The van der Waals surface area contributed by atoms with Crippen molar-refractivity contribution in [1.82, 2.24) is 4.57 Å². The number of aliphatic hydroxyl groups excluding tert-OH is 1. The number of fused-ring (bicyclic) bond motifs is 3. The molecule has 0 atom stereocenters. The summed E-state index contributed by atoms with van der Waals surface area (Å²) in [5.74, 6) is 0. The maximum absolute atomic E-state index is 8.85. The monoisotopic (exact) mass is 345 g/mol. The minimum atomic E-state index is 0.309. The molecule has 0 saturated heterocycles. The summed E-state index contributed by atoms with van der Waals surface area (Å²) < 4.78 is 3.55. The molecule has 0 fully saturated rings. The summed E-state index contributed by atoms with van der Waals surface area (Å²) in [6, 6.07) is 15.1. The first kappa shape index (κ1) is 14.6. The van der Waals surface area contributed by atoms with E-state index in [1.54, 1.807) is 0 Å². The summed E-state index contributed by atoms with van der Waals surface area (Å²) in [4.78, 5) is 0. The van der Waals surface area contributed by atoms with Crippen molar-refractivity contribution in [2.75, 3.05) is 6.61 Å². The normalized spacial score (nSPS) is 11.5. The van der Waals surface area contributed by atoms with E-state index >= 15 is 0 Å². The van der Waals surface area contributed by atoms with Crippen molar-refractivity contribution >= 4 is 37.7 Å². The average molecular weight is 346 g/mol. The van der Waals surface area contributed by atoms with Crippen LogP contribution in [-0.2, 0) is 6.54 Å². The molecule has 2 nitrogen and oxygen atoms in total. The Kier molecular flexibility index (Phi) is 4.61. The Morgan fingerprint density at radius 2 is 1.62 bits per heavy atom. The summed E-state index contributed by atoms with van der Waals surface area (Å²) in [7, 11) is 0. The van der Waals surface area contributed by atoms with Crippen molar-refractivity contribution in [2.45, 2.75) is 32.2 Å². The topological polar surface area (TPSA) is 25.2 Å². The van der Waals surface area contributed by atoms with Crippen LogP contribution in [0, 0.1) is 0 Å². The van der Waals surface area contributed by atoms with E-state index in [0.717, 1.165) is 30.3 Å². The Bertz CT molecular complexity index is 747. The fraction of sp³-hybridized carbons (Fsp3) is 0.333. The van der Waals surface area contributed by atoms with Crippen molar-refractivity contribution in [1.29, 1.82) is 0 Å². The van der Waals surface area contributed by atoms with Gasteiger partial charge in [0.05, 0.1) is 0 Å². The van der Waals surface area contributed by atoms with E-state index in [-0.39, 0.29) is 0 Å². The summed E-state index contributed by atoms with van der Waals surface area (Å²) >= 11 is 3.58. The third-order valence-corrected chi connectivity index (χ3v) is 4.52. The van der Waals surface area contributed by atoms with Crippen LogP contribution in [-0.4, -0.2) is 16.3 Å². The summed E-state index contributed by atoms with van der Waals surface area (Å²) in [6.45, 7) is 1.35. The molecule has 0 unspecified atom stereocenters. The molecule has 0 bridgehead atoms. The van der Waals surface area contributed by atoms with Crippen molar-refractivity contribution in [2.24, 2.45) is 0 Å². The van der Waals surface area contributed by atoms with Crippen LogP contribution in [0.3, 0.4) is 0 Å². The van der Waals surface area contributed by atoms with Gasteiger partial charge < -0.3 is 9.67 Å². The number of unbranched alkanes of at least 4 members (excludes halogenated alkanes) is 3. The van der Waals surface area contributed by atoms with Gasteiger partial charge in [0.15, 0.2) is 0 Å². The van der Waals surface area contributed by atoms with E-state index in [2.05, 4.69) is 63.0 Å². The number of hydrogen-bond donors (Lipinski definition) is 1. The minimum absolute atomic E-state index is 0.309. The second-order valence-electron chi connectivity index (χ2n) is 5.47. The number of rotatable bonds is 6. The molecule has 0 aliphatic heterocycles. The molecule has 3 rings (SSSR count). The van der Waals surface area contributed by atoms with Gasteiger partial charge in [-0.05, 0) is 37.1 Å². The van der Waals surface area contributed by atoms with E-state index in [0.29, 0.717) is 6.61 Å². The lowest BCUT2D eigenvalue weighted by molar-refractivity contribution is 0.282. The summed E-state index contributed by atoms with van der Waals surface area (Å²) in [6.07, 6.45) is 4.36. The number of benzene rings is 2. The van der Waals surface area contributed by atoms with Gasteiger partial charge >= 0.3 is 0 Å². The maximum Gasteiger partial charge on any atom is 0.0492 e. The van der Waals surface area contributed by atoms with Crippen molar-refractivity contribution in [3.63, 3.8) is 0 Å². The Labute approximate surface area is 133 Å². The standard InChI is InChI=1S/C18H20BrNO/c19-14-9-10-18-16(13-14)15-7-3-4-8-17(15)20(18)11-5-1-2-6-12-21/h3-4,7-10,13,21H,1-2,5-6,11-12H2. The maximum atomic E-state index is 8.85. The highest BCUT2D eigenvalue weighted by Crippen LogP contribution is 2.31. The van der Waals surface area contributed by atoms with Gasteiger partial charge in [-0.2, -0.15) is 0 Å². The molecule has 3 aromatic rings. The number of hydrogen-bond acceptors (Lipinski definition) is 1.